The van der Waals surface area contributed by atoms with E-state index < -0.39 is 24.0 Å². The lowest BCUT2D eigenvalue weighted by Crippen LogP contribution is -2.70. The fourth-order valence-corrected chi connectivity index (χ4v) is 11.8. The number of aliphatic hydroxyl groups excluding tert-OH is 2. The van der Waals surface area contributed by atoms with Crippen LogP contribution in [0.5, 0.6) is 28.7 Å². The second-order valence-corrected chi connectivity index (χ2v) is 19.4. The molecule has 3 fully saturated rings. The van der Waals surface area contributed by atoms with Gasteiger partial charge in [0.15, 0.2) is 11.5 Å². The number of hydrogen-bond donors (Lipinski definition) is 2. The zero-order valence-corrected chi connectivity index (χ0v) is 39.3. The number of benzene rings is 3. The average Bonchev–Trinajstić information content (AvgIpc) is 4.08. The zero-order valence-electron chi connectivity index (χ0n) is 39.3. The molecular formula is C55H68N2O11. The maximum Gasteiger partial charge on any atom is 0.239 e. The molecule has 6 aliphatic rings. The summed E-state index contributed by atoms with van der Waals surface area (Å²) >= 11 is 0. The molecule has 3 heterocycles. The topological polar surface area (TPSA) is 155 Å². The van der Waals surface area contributed by atoms with Gasteiger partial charge in [-0.05, 0) is 116 Å². The van der Waals surface area contributed by atoms with E-state index >= 15 is 4.79 Å². The number of nitrogens with zero attached hydrogens (tertiary/aromatic N) is 2. The van der Waals surface area contributed by atoms with E-state index in [0.29, 0.717) is 66.1 Å². The molecule has 9 rings (SSSR count). The molecule has 0 spiro atoms. The lowest BCUT2D eigenvalue weighted by atomic mass is 9.55. The highest BCUT2D eigenvalue weighted by atomic mass is 16.8. The summed E-state index contributed by atoms with van der Waals surface area (Å²) in [4.78, 5) is 35.5. The third-order valence-corrected chi connectivity index (χ3v) is 15.0. The average molecular weight is 933 g/mol. The van der Waals surface area contributed by atoms with Gasteiger partial charge in [-0.15, -0.1) is 6.58 Å². The lowest BCUT2D eigenvalue weighted by Gasteiger charge is -2.60. The van der Waals surface area contributed by atoms with E-state index in [9.17, 15) is 15.0 Å². The molecule has 3 aliphatic heterocycles. The van der Waals surface area contributed by atoms with Crippen LogP contribution in [0.4, 0.5) is 0 Å². The molecule has 1 amide bonds. The number of fused-ring (bicyclic) bond motifs is 3. The molecule has 2 N–H and O–H groups in total. The minimum Gasteiger partial charge on any atom is -0.459 e. The normalized spacial score (nSPS) is 26.6. The summed E-state index contributed by atoms with van der Waals surface area (Å²) in [5, 5.41) is 25.2. The van der Waals surface area contributed by atoms with Crippen molar-refractivity contribution in [3.05, 3.63) is 102 Å². The van der Waals surface area contributed by atoms with Crippen LogP contribution in [0.2, 0.25) is 0 Å². The van der Waals surface area contributed by atoms with E-state index in [2.05, 4.69) is 18.7 Å². The Morgan fingerprint density at radius 2 is 1.68 bits per heavy atom. The van der Waals surface area contributed by atoms with Crippen molar-refractivity contribution in [1.82, 2.24) is 4.90 Å². The minimum atomic E-state index is -1.43. The van der Waals surface area contributed by atoms with E-state index in [-0.39, 0.29) is 63.2 Å². The highest BCUT2D eigenvalue weighted by Crippen LogP contribution is 2.62. The number of carbonyl (C=O) groups excluding carboxylic acids is 2. The van der Waals surface area contributed by atoms with Gasteiger partial charge in [0.25, 0.3) is 0 Å². The monoisotopic (exact) mass is 932 g/mol. The highest BCUT2D eigenvalue weighted by Gasteiger charge is 2.65. The van der Waals surface area contributed by atoms with Crippen molar-refractivity contribution in [3.8, 4) is 28.7 Å². The van der Waals surface area contributed by atoms with Gasteiger partial charge < -0.3 is 48.4 Å². The van der Waals surface area contributed by atoms with Crippen LogP contribution >= 0.6 is 0 Å². The van der Waals surface area contributed by atoms with Crippen LogP contribution in [0.15, 0.2) is 90.1 Å². The van der Waals surface area contributed by atoms with Crippen LogP contribution in [0.25, 0.3) is 0 Å². The van der Waals surface area contributed by atoms with Gasteiger partial charge in [-0.1, -0.05) is 74.0 Å². The van der Waals surface area contributed by atoms with Crippen molar-refractivity contribution in [2.45, 2.75) is 133 Å². The number of aldehydes is 1. The molecule has 2 saturated carbocycles. The fourth-order valence-electron chi connectivity index (χ4n) is 11.8. The van der Waals surface area contributed by atoms with Crippen LogP contribution in [-0.2, 0) is 25.7 Å². The molecule has 7 unspecified atom stereocenters. The summed E-state index contributed by atoms with van der Waals surface area (Å²) in [5.41, 5.74) is 4.01. The van der Waals surface area contributed by atoms with Crippen molar-refractivity contribution in [2.24, 2.45) is 28.8 Å². The third kappa shape index (κ3) is 10.5. The Morgan fingerprint density at radius 3 is 2.47 bits per heavy atom. The second-order valence-electron chi connectivity index (χ2n) is 19.4. The number of amides is 1. The van der Waals surface area contributed by atoms with Gasteiger partial charge in [0.1, 0.15) is 29.6 Å². The largest absolute Gasteiger partial charge is 0.459 e. The number of rotatable bonds is 22. The minimum absolute atomic E-state index is 0.00823. The van der Waals surface area contributed by atoms with Crippen LogP contribution in [0.1, 0.15) is 130 Å². The van der Waals surface area contributed by atoms with Gasteiger partial charge in [0.2, 0.25) is 24.8 Å². The summed E-state index contributed by atoms with van der Waals surface area (Å²) < 4.78 is 39.0. The first-order chi connectivity index (χ1) is 33.4. The van der Waals surface area contributed by atoms with Crippen molar-refractivity contribution in [3.63, 3.8) is 0 Å². The van der Waals surface area contributed by atoms with Gasteiger partial charge in [-0.25, -0.2) is 0 Å². The Bertz CT molecular complexity index is 2280. The van der Waals surface area contributed by atoms with Gasteiger partial charge in [0, 0.05) is 56.1 Å². The van der Waals surface area contributed by atoms with Crippen molar-refractivity contribution in [2.75, 3.05) is 33.2 Å². The lowest BCUT2D eigenvalue weighted by molar-refractivity contribution is -0.258. The van der Waals surface area contributed by atoms with E-state index in [1.54, 1.807) is 24.3 Å². The van der Waals surface area contributed by atoms with E-state index in [1.165, 1.54) is 12.8 Å². The molecule has 364 valence electrons. The summed E-state index contributed by atoms with van der Waals surface area (Å²) in [5.74, 6) is 1.48. The first-order valence-electron chi connectivity index (χ1n) is 25.2. The Balaban J connectivity index is 1.23. The molecule has 68 heavy (non-hydrogen) atoms. The Kier molecular flexibility index (Phi) is 15.8. The summed E-state index contributed by atoms with van der Waals surface area (Å²) in [6, 6.07) is 18.1. The maximum absolute atomic E-state index is 15.4. The zero-order chi connectivity index (χ0) is 46.9. The van der Waals surface area contributed by atoms with Gasteiger partial charge in [0.05, 0.1) is 24.8 Å². The smallest absolute Gasteiger partial charge is 0.239 e. The quantitative estimate of drug-likeness (QED) is 0.0428. The molecule has 0 aromatic heterocycles. The van der Waals surface area contributed by atoms with Gasteiger partial charge in [-0.2, -0.15) is 0 Å². The van der Waals surface area contributed by atoms with Crippen molar-refractivity contribution < 1.29 is 53.1 Å². The van der Waals surface area contributed by atoms with Crippen LogP contribution in [-0.4, -0.2) is 84.4 Å². The van der Waals surface area contributed by atoms with E-state index in [0.717, 1.165) is 92.9 Å². The molecule has 13 heteroatoms. The maximum atomic E-state index is 15.4. The van der Waals surface area contributed by atoms with E-state index in [1.807, 2.05) is 41.3 Å². The van der Waals surface area contributed by atoms with Gasteiger partial charge >= 0.3 is 0 Å². The predicted octanol–water partition coefficient (Wildman–Crippen LogP) is 10.2. The van der Waals surface area contributed by atoms with Crippen molar-refractivity contribution in [1.29, 1.82) is 0 Å². The van der Waals surface area contributed by atoms with Gasteiger partial charge in [-0.3, -0.25) is 9.59 Å². The standard InChI is InChI=1S/C55H68N2O11/c1-2-27-65-55-50(57(51(61)24-20-37-12-3-4-13-37)34-38-19-22-48-49(30-38)64-36-63-48)33-46(56-68-52-18-7-10-28-62-52)44-31-40(15-5-8-25-58)43(17-6-9-26-59)53(54(44)55)45-32-42(21-23-47(45)67-55)66-41-16-11-14-39(29-41)35-60/h2,11,14,16,19,21-23,29-32,35,37,40,43,50,52-54,58-59H,1,3-10,12-13,15,17-18,20,24-28,33-34,36H2. The SMILES string of the molecule is C=CCOC12Oc3ccc(Oc4cccc(C=O)c4)cc3C3C(CCCCO)C(CCCCO)C=C(C(=NOC4CCCCO4)CC1N(Cc1ccc4c(c1)OCO4)C(=O)CCC1CCCC1)C32. The van der Waals surface area contributed by atoms with Crippen LogP contribution in [0.3, 0.4) is 0 Å². The molecule has 7 atom stereocenters. The Labute approximate surface area is 400 Å². The highest BCUT2D eigenvalue weighted by molar-refractivity contribution is 6.03. The van der Waals surface area contributed by atoms with E-state index in [4.69, 9.17) is 38.4 Å². The molecule has 1 saturated heterocycles. The number of aliphatic hydroxyl groups is 2. The molecule has 3 aliphatic carbocycles. The number of carbonyl (C=O) groups is 2. The predicted molar refractivity (Wildman–Crippen MR) is 256 cm³/mol. The molecule has 0 bridgehead atoms. The first kappa shape index (κ1) is 47.8. The Hall–Kier alpha value is -5.21. The molecule has 0 radical (unpaired) electrons. The first-order valence-corrected chi connectivity index (χ1v) is 25.2. The number of oxime groups is 1. The van der Waals surface area contributed by atoms with Crippen LogP contribution < -0.4 is 18.9 Å². The molecular weight excluding hydrogens is 865 g/mol. The Morgan fingerprint density at radius 1 is 0.882 bits per heavy atom. The number of allylic oxidation sites excluding steroid dienone is 1. The molecule has 3 aromatic rings. The number of unbranched alkanes of at least 4 members (excludes halogenated alkanes) is 2. The summed E-state index contributed by atoms with van der Waals surface area (Å²) in [7, 11) is 0. The number of hydrogen-bond acceptors (Lipinski definition) is 12. The summed E-state index contributed by atoms with van der Waals surface area (Å²) in [6.45, 7) is 5.44. The van der Waals surface area contributed by atoms with Crippen LogP contribution in [0, 0.1) is 23.7 Å². The molecule has 13 nitrogen and oxygen atoms in total. The third-order valence-electron chi connectivity index (χ3n) is 15.0. The fraction of sp³-hybridized carbons (Fsp3) is 0.545. The van der Waals surface area contributed by atoms with Crippen molar-refractivity contribution >= 4 is 17.9 Å². The number of ether oxygens (including phenoxy) is 6. The molecule has 3 aromatic carbocycles. The second kappa shape index (κ2) is 22.5. The summed E-state index contributed by atoms with van der Waals surface area (Å²) in [6.07, 6.45) is 17.7.